The first-order valence-corrected chi connectivity index (χ1v) is 7.59. The minimum Gasteiger partial charge on any atom is -0.477 e. The molecule has 2 heterocycles. The summed E-state index contributed by atoms with van der Waals surface area (Å²) in [5.74, 6) is -2.04. The van der Waals surface area contributed by atoms with Gasteiger partial charge in [0.1, 0.15) is 23.2 Å². The van der Waals surface area contributed by atoms with Gasteiger partial charge in [0.2, 0.25) is 5.91 Å². The Hall–Kier alpha value is -2.19. The molecule has 2 rings (SSSR count). The van der Waals surface area contributed by atoms with E-state index in [1.165, 1.54) is 18.7 Å². The van der Waals surface area contributed by atoms with E-state index in [1.807, 2.05) is 0 Å². The SMILES string of the molecule is CCC(OC(C)=O)C1=C(C(=O)O)N2C(=O)[C@@H](N=[N+]=[N-])[C@H]2SC1. The summed E-state index contributed by atoms with van der Waals surface area (Å²) in [6.45, 7) is 3.01. The van der Waals surface area contributed by atoms with Crippen molar-refractivity contribution in [3.8, 4) is 0 Å². The van der Waals surface area contributed by atoms with E-state index in [4.69, 9.17) is 10.3 Å². The molecule has 3 atom stereocenters. The maximum absolute atomic E-state index is 12.0. The predicted molar refractivity (Wildman–Crippen MR) is 76.5 cm³/mol. The standard InChI is InChI=1S/C12H14N4O5S/c1-3-7(21-5(2)17)6-4-22-11-8(14-15-13)10(18)16(11)9(6)12(19)20/h7-8,11H,3-4H2,1-2H3,(H,19,20)/t7?,8-,11-/m1/s1. The highest BCUT2D eigenvalue weighted by Gasteiger charge is 2.54. The van der Waals surface area contributed by atoms with Crippen LogP contribution in [0, 0.1) is 0 Å². The lowest BCUT2D eigenvalue weighted by Gasteiger charge is -2.48. The third-order valence-electron chi connectivity index (χ3n) is 3.42. The number of fused-ring (bicyclic) bond motifs is 1. The average molecular weight is 326 g/mol. The van der Waals surface area contributed by atoms with E-state index in [0.29, 0.717) is 17.7 Å². The summed E-state index contributed by atoms with van der Waals surface area (Å²) in [4.78, 5) is 38.5. The van der Waals surface area contributed by atoms with E-state index in [9.17, 15) is 19.5 Å². The van der Waals surface area contributed by atoms with Gasteiger partial charge < -0.3 is 9.84 Å². The third-order valence-corrected chi connectivity index (χ3v) is 4.70. The van der Waals surface area contributed by atoms with E-state index in [1.54, 1.807) is 6.92 Å². The van der Waals surface area contributed by atoms with Gasteiger partial charge in [-0.05, 0) is 12.0 Å². The zero-order chi connectivity index (χ0) is 16.4. The van der Waals surface area contributed by atoms with Crippen LogP contribution in [0.2, 0.25) is 0 Å². The fourth-order valence-corrected chi connectivity index (χ4v) is 3.88. The van der Waals surface area contributed by atoms with Gasteiger partial charge in [-0.25, -0.2) is 4.79 Å². The van der Waals surface area contributed by atoms with Gasteiger partial charge in [-0.2, -0.15) is 0 Å². The quantitative estimate of drug-likeness (QED) is 0.266. The van der Waals surface area contributed by atoms with Gasteiger partial charge >= 0.3 is 11.9 Å². The lowest BCUT2D eigenvalue weighted by Crippen LogP contribution is -2.64. The number of hydrogen-bond acceptors (Lipinski definition) is 6. The van der Waals surface area contributed by atoms with Crippen LogP contribution >= 0.6 is 11.8 Å². The molecule has 0 saturated carbocycles. The zero-order valence-corrected chi connectivity index (χ0v) is 12.7. The fraction of sp³-hybridized carbons (Fsp3) is 0.583. The number of ether oxygens (including phenoxy) is 1. The van der Waals surface area contributed by atoms with Gasteiger partial charge in [0.15, 0.2) is 0 Å². The van der Waals surface area contributed by atoms with Crippen molar-refractivity contribution in [2.45, 2.75) is 37.8 Å². The first kappa shape index (κ1) is 16.2. The number of carboxylic acid groups (broad SMARTS) is 1. The first-order chi connectivity index (χ1) is 10.4. The number of rotatable bonds is 5. The molecule has 2 aliphatic rings. The zero-order valence-electron chi connectivity index (χ0n) is 11.9. The maximum Gasteiger partial charge on any atom is 0.352 e. The highest BCUT2D eigenvalue weighted by molar-refractivity contribution is 8.00. The number of thioether (sulfide) groups is 1. The molecule has 1 fully saturated rings. The maximum atomic E-state index is 12.0. The fourth-order valence-electron chi connectivity index (χ4n) is 2.50. The lowest BCUT2D eigenvalue weighted by atomic mass is 10.00. The largest absolute Gasteiger partial charge is 0.477 e. The third kappa shape index (κ3) is 2.62. The monoisotopic (exact) mass is 326 g/mol. The highest BCUT2D eigenvalue weighted by atomic mass is 32.2. The Labute approximate surface area is 129 Å². The van der Waals surface area contributed by atoms with Crippen LogP contribution in [-0.2, 0) is 19.1 Å². The summed E-state index contributed by atoms with van der Waals surface area (Å²) in [5, 5.41) is 12.3. The summed E-state index contributed by atoms with van der Waals surface area (Å²) in [6.07, 6.45) is -0.290. The molecule has 0 aromatic rings. The van der Waals surface area contributed by atoms with Gasteiger partial charge in [-0.1, -0.05) is 12.0 Å². The molecule has 9 nitrogen and oxygen atoms in total. The van der Waals surface area contributed by atoms with Crippen LogP contribution in [-0.4, -0.2) is 51.1 Å². The van der Waals surface area contributed by atoms with E-state index in [-0.39, 0.29) is 5.70 Å². The van der Waals surface area contributed by atoms with Crippen LogP contribution in [0.25, 0.3) is 10.4 Å². The van der Waals surface area contributed by atoms with Crippen molar-refractivity contribution in [2.24, 2.45) is 5.11 Å². The minimum absolute atomic E-state index is 0.175. The van der Waals surface area contributed by atoms with E-state index in [0.717, 1.165) is 4.90 Å². The number of azide groups is 1. The topological polar surface area (TPSA) is 133 Å². The molecule has 0 aromatic heterocycles. The Morgan fingerprint density at radius 2 is 2.32 bits per heavy atom. The number of aliphatic carboxylic acids is 1. The summed E-state index contributed by atoms with van der Waals surface area (Å²) < 4.78 is 5.14. The molecule has 10 heteroatoms. The Balaban J connectivity index is 2.40. The van der Waals surface area contributed by atoms with Crippen LogP contribution in [0.3, 0.4) is 0 Å². The molecule has 1 saturated heterocycles. The van der Waals surface area contributed by atoms with Gasteiger partial charge in [0, 0.05) is 23.2 Å². The molecule has 0 aliphatic carbocycles. The number of carbonyl (C=O) groups is 3. The molecule has 1 amide bonds. The smallest absolute Gasteiger partial charge is 0.352 e. The van der Waals surface area contributed by atoms with Crippen LogP contribution in [0.1, 0.15) is 20.3 Å². The Morgan fingerprint density at radius 3 is 2.82 bits per heavy atom. The van der Waals surface area contributed by atoms with Crippen LogP contribution in [0.5, 0.6) is 0 Å². The number of nitrogens with zero attached hydrogens (tertiary/aromatic N) is 4. The molecule has 2 aliphatic heterocycles. The van der Waals surface area contributed by atoms with Gasteiger partial charge in [-0.3, -0.25) is 14.5 Å². The Kier molecular flexibility index (Phi) is 4.62. The second-order valence-corrected chi connectivity index (χ2v) is 5.85. The highest BCUT2D eigenvalue weighted by Crippen LogP contribution is 2.43. The van der Waals surface area contributed by atoms with Crippen LogP contribution in [0.15, 0.2) is 16.4 Å². The average Bonchev–Trinajstić information content (AvgIpc) is 2.48. The summed E-state index contributed by atoms with van der Waals surface area (Å²) >= 11 is 1.29. The van der Waals surface area contributed by atoms with Gasteiger partial charge in [0.25, 0.3) is 0 Å². The summed E-state index contributed by atoms with van der Waals surface area (Å²) in [7, 11) is 0. The van der Waals surface area contributed by atoms with Crippen molar-refractivity contribution in [2.75, 3.05) is 5.75 Å². The second kappa shape index (κ2) is 6.29. The normalized spacial score (nSPS) is 24.8. The predicted octanol–water partition coefficient (Wildman–Crippen LogP) is 1.26. The number of esters is 1. The van der Waals surface area contributed by atoms with Crippen molar-refractivity contribution < 1.29 is 24.2 Å². The first-order valence-electron chi connectivity index (χ1n) is 6.54. The van der Waals surface area contributed by atoms with Crippen molar-refractivity contribution in [3.05, 3.63) is 21.7 Å². The summed E-state index contributed by atoms with van der Waals surface area (Å²) in [5.41, 5.74) is 8.67. The molecular weight excluding hydrogens is 312 g/mol. The minimum atomic E-state index is -1.27. The molecular formula is C12H14N4O5S. The number of hydrogen-bond donors (Lipinski definition) is 1. The Bertz CT molecular complexity index is 613. The molecule has 1 N–H and O–H groups in total. The van der Waals surface area contributed by atoms with Crippen LogP contribution < -0.4 is 0 Å². The van der Waals surface area contributed by atoms with Crippen molar-refractivity contribution >= 4 is 29.6 Å². The van der Waals surface area contributed by atoms with Crippen molar-refractivity contribution in [1.29, 1.82) is 0 Å². The van der Waals surface area contributed by atoms with Gasteiger partial charge in [-0.15, -0.1) is 11.8 Å². The molecule has 0 spiro atoms. The molecule has 0 bridgehead atoms. The van der Waals surface area contributed by atoms with Crippen LogP contribution in [0.4, 0.5) is 0 Å². The Morgan fingerprint density at radius 1 is 1.64 bits per heavy atom. The molecule has 118 valence electrons. The molecule has 0 radical (unpaired) electrons. The number of carboxylic acids is 1. The van der Waals surface area contributed by atoms with E-state index >= 15 is 0 Å². The lowest BCUT2D eigenvalue weighted by molar-refractivity contribution is -0.149. The van der Waals surface area contributed by atoms with E-state index < -0.39 is 35.4 Å². The second-order valence-electron chi connectivity index (χ2n) is 4.74. The number of β-lactam (4-membered cyclic amide) rings is 1. The van der Waals surface area contributed by atoms with Crippen molar-refractivity contribution in [3.63, 3.8) is 0 Å². The number of carbonyl (C=O) groups excluding carboxylic acids is 2. The molecule has 1 unspecified atom stereocenters. The molecule has 22 heavy (non-hydrogen) atoms. The van der Waals surface area contributed by atoms with Gasteiger partial charge in [0.05, 0.1) is 0 Å². The van der Waals surface area contributed by atoms with Crippen molar-refractivity contribution in [1.82, 2.24) is 4.90 Å². The van der Waals surface area contributed by atoms with E-state index in [2.05, 4.69) is 10.0 Å². The number of amides is 1. The summed E-state index contributed by atoms with van der Waals surface area (Å²) in [6, 6.07) is -0.889. The molecule has 0 aromatic carbocycles.